The molecule has 0 saturated heterocycles. The fourth-order valence-electron chi connectivity index (χ4n) is 1.68. The van der Waals surface area contributed by atoms with E-state index >= 15 is 0 Å². The molecule has 1 heterocycles. The van der Waals surface area contributed by atoms with Gasteiger partial charge in [0.25, 0.3) is 0 Å². The molecule has 2 nitrogen and oxygen atoms in total. The van der Waals surface area contributed by atoms with Crippen molar-refractivity contribution < 1.29 is 0 Å². The van der Waals surface area contributed by atoms with Crippen LogP contribution in [0.25, 0.3) is 0 Å². The normalized spacial score (nSPS) is 14.1. The summed E-state index contributed by atoms with van der Waals surface area (Å²) in [5.41, 5.74) is 3.86. The Kier molecular flexibility index (Phi) is 3.87. The maximum Gasteiger partial charge on any atom is 0.115 e. The third-order valence-electron chi connectivity index (χ3n) is 2.34. The second-order valence-electron chi connectivity index (χ2n) is 3.09. The lowest BCUT2D eigenvalue weighted by Crippen LogP contribution is -2.08. The predicted octanol–water partition coefficient (Wildman–Crippen LogP) is 2.69. The van der Waals surface area contributed by atoms with Gasteiger partial charge >= 0.3 is 0 Å². The number of hydrogen-bond acceptors (Lipinski definition) is 2. The van der Waals surface area contributed by atoms with Gasteiger partial charge in [-0.3, -0.25) is 0 Å². The summed E-state index contributed by atoms with van der Waals surface area (Å²) in [5, 5.41) is 0. The van der Waals surface area contributed by atoms with Crippen molar-refractivity contribution in [1.29, 1.82) is 0 Å². The third kappa shape index (κ3) is 2.27. The average molecular weight is 178 g/mol. The Morgan fingerprint density at radius 3 is 2.46 bits per heavy atom. The van der Waals surface area contributed by atoms with Crippen LogP contribution in [0.4, 0.5) is 0 Å². The van der Waals surface area contributed by atoms with E-state index in [1.165, 1.54) is 36.2 Å². The second kappa shape index (κ2) is 4.95. The van der Waals surface area contributed by atoms with Gasteiger partial charge in [-0.05, 0) is 38.2 Å². The molecule has 1 aromatic heterocycles. The van der Waals surface area contributed by atoms with Crippen molar-refractivity contribution >= 4 is 0 Å². The smallest absolute Gasteiger partial charge is 0.115 e. The number of nitrogens with zero attached hydrogens (tertiary/aromatic N) is 2. The lowest BCUT2D eigenvalue weighted by Gasteiger charge is -2.14. The summed E-state index contributed by atoms with van der Waals surface area (Å²) in [7, 11) is 0. The highest BCUT2D eigenvalue weighted by atomic mass is 14.8. The number of rotatable bonds is 0. The van der Waals surface area contributed by atoms with Gasteiger partial charge in [0, 0.05) is 11.4 Å². The summed E-state index contributed by atoms with van der Waals surface area (Å²) >= 11 is 0. The molecule has 2 heteroatoms. The van der Waals surface area contributed by atoms with Crippen LogP contribution in [0.2, 0.25) is 0 Å². The number of aryl methyl sites for hydroxylation is 2. The zero-order valence-electron chi connectivity index (χ0n) is 8.80. The van der Waals surface area contributed by atoms with E-state index in [4.69, 9.17) is 0 Å². The van der Waals surface area contributed by atoms with E-state index in [1.807, 2.05) is 13.8 Å². The molecule has 0 saturated carbocycles. The van der Waals surface area contributed by atoms with Crippen LogP contribution in [0.5, 0.6) is 0 Å². The predicted molar refractivity (Wildman–Crippen MR) is 54.8 cm³/mol. The molecule has 1 aromatic rings. The van der Waals surface area contributed by atoms with Crippen molar-refractivity contribution in [1.82, 2.24) is 9.97 Å². The van der Waals surface area contributed by atoms with E-state index in [0.29, 0.717) is 0 Å². The fourth-order valence-corrected chi connectivity index (χ4v) is 1.68. The molecule has 0 bridgehead atoms. The quantitative estimate of drug-likeness (QED) is 0.610. The molecule has 0 aromatic carbocycles. The molecule has 1 aliphatic carbocycles. The summed E-state index contributed by atoms with van der Waals surface area (Å²) in [5.74, 6) is 0. The Labute approximate surface area is 80.4 Å². The van der Waals surface area contributed by atoms with Gasteiger partial charge in [-0.25, -0.2) is 9.97 Å². The van der Waals surface area contributed by atoms with E-state index in [-0.39, 0.29) is 0 Å². The second-order valence-corrected chi connectivity index (χ2v) is 3.09. The van der Waals surface area contributed by atoms with E-state index < -0.39 is 0 Å². The zero-order chi connectivity index (χ0) is 9.68. The first-order chi connectivity index (χ1) is 6.38. The van der Waals surface area contributed by atoms with Gasteiger partial charge in [0.2, 0.25) is 0 Å². The Balaban J connectivity index is 0.000000396. The van der Waals surface area contributed by atoms with Gasteiger partial charge in [0.15, 0.2) is 0 Å². The maximum atomic E-state index is 4.27. The van der Waals surface area contributed by atoms with Crippen molar-refractivity contribution in [3.05, 3.63) is 23.3 Å². The van der Waals surface area contributed by atoms with Crippen LogP contribution in [-0.4, -0.2) is 9.97 Å². The minimum absolute atomic E-state index is 1.15. The van der Waals surface area contributed by atoms with Crippen molar-refractivity contribution in [3.8, 4) is 0 Å². The lowest BCUT2D eigenvalue weighted by molar-refractivity contribution is 0.656. The zero-order valence-corrected chi connectivity index (χ0v) is 8.80. The highest BCUT2D eigenvalue weighted by Crippen LogP contribution is 2.19. The van der Waals surface area contributed by atoms with E-state index in [2.05, 4.69) is 16.9 Å². The van der Waals surface area contributed by atoms with Gasteiger partial charge in [-0.2, -0.15) is 0 Å². The highest BCUT2D eigenvalue weighted by molar-refractivity contribution is 5.25. The van der Waals surface area contributed by atoms with Gasteiger partial charge in [-0.15, -0.1) is 0 Å². The molecular weight excluding hydrogens is 160 g/mol. The molecule has 72 valence electrons. The Bertz CT molecular complexity index is 269. The molecule has 13 heavy (non-hydrogen) atoms. The molecular formula is C11H18N2. The molecule has 0 N–H and O–H groups in total. The lowest BCUT2D eigenvalue weighted by atomic mass is 9.95. The molecule has 1 aliphatic rings. The van der Waals surface area contributed by atoms with Crippen LogP contribution < -0.4 is 0 Å². The Morgan fingerprint density at radius 2 is 1.77 bits per heavy atom. The fraction of sp³-hybridized carbons (Fsp3) is 0.636. The van der Waals surface area contributed by atoms with Crippen LogP contribution >= 0.6 is 0 Å². The van der Waals surface area contributed by atoms with E-state index in [0.717, 1.165) is 6.42 Å². The first kappa shape index (κ1) is 10.2. The summed E-state index contributed by atoms with van der Waals surface area (Å²) in [6.45, 7) is 6.08. The Morgan fingerprint density at radius 1 is 1.08 bits per heavy atom. The number of hydrogen-bond donors (Lipinski definition) is 0. The number of fused-ring (bicyclic) bond motifs is 1. The highest BCUT2D eigenvalue weighted by Gasteiger charge is 2.11. The number of aromatic nitrogens is 2. The first-order valence-electron chi connectivity index (χ1n) is 5.17. The van der Waals surface area contributed by atoms with Crippen molar-refractivity contribution in [3.63, 3.8) is 0 Å². The minimum Gasteiger partial charge on any atom is -0.241 e. The van der Waals surface area contributed by atoms with Crippen LogP contribution in [0.3, 0.4) is 0 Å². The van der Waals surface area contributed by atoms with Gasteiger partial charge in [0.05, 0.1) is 0 Å². The van der Waals surface area contributed by atoms with Gasteiger partial charge in [0.1, 0.15) is 6.33 Å². The molecule has 0 radical (unpaired) electrons. The molecule has 0 amide bonds. The minimum atomic E-state index is 1.15. The SMILES string of the molecule is CC.Cc1ncnc2c1CCCC2. The van der Waals surface area contributed by atoms with E-state index in [1.54, 1.807) is 6.33 Å². The molecule has 0 aliphatic heterocycles. The summed E-state index contributed by atoms with van der Waals surface area (Å²) in [6.07, 6.45) is 6.62. The van der Waals surface area contributed by atoms with Crippen LogP contribution in [0.1, 0.15) is 43.6 Å². The van der Waals surface area contributed by atoms with Gasteiger partial charge < -0.3 is 0 Å². The van der Waals surface area contributed by atoms with Crippen LogP contribution in [0, 0.1) is 6.92 Å². The molecule has 0 atom stereocenters. The third-order valence-corrected chi connectivity index (χ3v) is 2.34. The van der Waals surface area contributed by atoms with Crippen molar-refractivity contribution in [2.24, 2.45) is 0 Å². The first-order valence-corrected chi connectivity index (χ1v) is 5.17. The van der Waals surface area contributed by atoms with Gasteiger partial charge in [-0.1, -0.05) is 13.8 Å². The summed E-state index contributed by atoms with van der Waals surface area (Å²) in [4.78, 5) is 8.45. The molecule has 0 spiro atoms. The summed E-state index contributed by atoms with van der Waals surface area (Å²) < 4.78 is 0. The summed E-state index contributed by atoms with van der Waals surface area (Å²) in [6, 6.07) is 0. The monoisotopic (exact) mass is 178 g/mol. The van der Waals surface area contributed by atoms with Crippen molar-refractivity contribution in [2.75, 3.05) is 0 Å². The average Bonchev–Trinajstić information content (AvgIpc) is 2.22. The van der Waals surface area contributed by atoms with E-state index in [9.17, 15) is 0 Å². The maximum absolute atomic E-state index is 4.27. The molecule has 0 unspecified atom stereocenters. The largest absolute Gasteiger partial charge is 0.241 e. The molecule has 0 fully saturated rings. The molecule has 2 rings (SSSR count). The topological polar surface area (TPSA) is 25.8 Å². The van der Waals surface area contributed by atoms with Crippen molar-refractivity contribution in [2.45, 2.75) is 46.5 Å². The van der Waals surface area contributed by atoms with Crippen LogP contribution in [0.15, 0.2) is 6.33 Å². The Hall–Kier alpha value is -0.920. The standard InChI is InChI=1S/C9H12N2.C2H6/c1-7-8-4-2-3-5-9(8)11-6-10-7;1-2/h6H,2-5H2,1H3;1-2H3. The van der Waals surface area contributed by atoms with Crippen LogP contribution in [-0.2, 0) is 12.8 Å².